The Morgan fingerprint density at radius 2 is 2.33 bits per heavy atom. The van der Waals surface area contributed by atoms with Gasteiger partial charge in [-0.2, -0.15) is 0 Å². The minimum atomic E-state index is -0.861. The van der Waals surface area contributed by atoms with Gasteiger partial charge in [0.2, 0.25) is 5.82 Å². The van der Waals surface area contributed by atoms with Crippen LogP contribution < -0.4 is 5.32 Å². The van der Waals surface area contributed by atoms with Crippen molar-refractivity contribution < 1.29 is 14.8 Å². The normalized spacial score (nSPS) is 16.7. The molecule has 1 fully saturated rings. The number of anilines is 1. The maximum atomic E-state index is 11.1. The monoisotopic (exact) mass is 251 g/mol. The summed E-state index contributed by atoms with van der Waals surface area (Å²) in [6, 6.07) is 2.81. The van der Waals surface area contributed by atoms with Crippen molar-refractivity contribution in [1.29, 1.82) is 0 Å². The number of carbonyl (C=O) groups is 1. The molecule has 1 saturated carbocycles. The molecular formula is C11H13N3O4. The van der Waals surface area contributed by atoms with Crippen molar-refractivity contribution in [3.05, 3.63) is 28.4 Å². The number of nitrogens with one attached hydrogen (secondary N) is 1. The lowest BCUT2D eigenvalue weighted by Crippen LogP contribution is -2.43. The number of carboxylic acid groups (broad SMARTS) is 1. The third kappa shape index (κ3) is 2.11. The van der Waals surface area contributed by atoms with Gasteiger partial charge in [0.05, 0.1) is 10.3 Å². The summed E-state index contributed by atoms with van der Waals surface area (Å²) in [5, 5.41) is 22.7. The molecule has 2 N–H and O–H groups in total. The van der Waals surface area contributed by atoms with Gasteiger partial charge in [-0.1, -0.05) is 6.42 Å². The summed E-state index contributed by atoms with van der Waals surface area (Å²) in [5.41, 5.74) is -0.942. The second-order valence-electron chi connectivity index (χ2n) is 4.42. The zero-order valence-corrected chi connectivity index (χ0v) is 9.63. The average molecular weight is 251 g/mol. The fourth-order valence-electron chi connectivity index (χ4n) is 2.00. The summed E-state index contributed by atoms with van der Waals surface area (Å²) in [6.45, 7) is 0.167. The first-order valence-corrected chi connectivity index (χ1v) is 5.62. The van der Waals surface area contributed by atoms with Gasteiger partial charge in [0.25, 0.3) is 0 Å². The number of hydrogen-bond acceptors (Lipinski definition) is 5. The number of aliphatic carboxylic acids is 1. The van der Waals surface area contributed by atoms with Gasteiger partial charge >= 0.3 is 11.7 Å². The lowest BCUT2D eigenvalue weighted by atomic mass is 9.69. The highest BCUT2D eigenvalue weighted by molar-refractivity contribution is 5.76. The first-order valence-electron chi connectivity index (χ1n) is 5.62. The maximum absolute atomic E-state index is 11.1. The Hall–Kier alpha value is -2.18. The molecule has 2 rings (SSSR count). The van der Waals surface area contributed by atoms with Gasteiger partial charge in [0.15, 0.2) is 0 Å². The molecule has 1 aromatic heterocycles. The highest BCUT2D eigenvalue weighted by Gasteiger charge is 2.44. The number of carboxylic acids is 1. The standard InChI is InChI=1S/C11H13N3O4/c15-10(16)11(4-2-5-11)7-13-9-8(14(17)18)3-1-6-12-9/h1,3,6H,2,4-5,7H2,(H,12,13)(H,15,16). The number of aromatic nitrogens is 1. The highest BCUT2D eigenvalue weighted by Crippen LogP contribution is 2.41. The van der Waals surface area contributed by atoms with E-state index in [-0.39, 0.29) is 18.1 Å². The molecule has 1 heterocycles. The topological polar surface area (TPSA) is 105 Å². The van der Waals surface area contributed by atoms with Gasteiger partial charge in [-0.25, -0.2) is 4.98 Å². The van der Waals surface area contributed by atoms with E-state index in [0.29, 0.717) is 12.8 Å². The first kappa shape index (κ1) is 12.3. The van der Waals surface area contributed by atoms with Gasteiger partial charge in [-0.05, 0) is 18.9 Å². The summed E-state index contributed by atoms with van der Waals surface area (Å²) in [6.07, 6.45) is 3.49. The van der Waals surface area contributed by atoms with E-state index in [0.717, 1.165) is 6.42 Å². The van der Waals surface area contributed by atoms with Crippen molar-refractivity contribution >= 4 is 17.5 Å². The number of nitrogens with zero attached hydrogens (tertiary/aromatic N) is 2. The Balaban J connectivity index is 2.11. The molecule has 0 atom stereocenters. The third-order valence-electron chi connectivity index (χ3n) is 3.34. The predicted molar refractivity (Wildman–Crippen MR) is 63.3 cm³/mol. The van der Waals surface area contributed by atoms with Crippen LogP contribution in [0.3, 0.4) is 0 Å². The molecule has 1 aromatic rings. The van der Waals surface area contributed by atoms with Gasteiger partial charge in [-0.15, -0.1) is 0 Å². The molecule has 0 radical (unpaired) electrons. The van der Waals surface area contributed by atoms with E-state index in [1.54, 1.807) is 0 Å². The average Bonchev–Trinajstić information content (AvgIpc) is 2.27. The summed E-state index contributed by atoms with van der Waals surface area (Å²) in [4.78, 5) is 25.3. The molecule has 0 unspecified atom stereocenters. The molecule has 18 heavy (non-hydrogen) atoms. The van der Waals surface area contributed by atoms with E-state index >= 15 is 0 Å². The van der Waals surface area contributed by atoms with Crippen LogP contribution in [0, 0.1) is 15.5 Å². The Labute approximate surface area is 103 Å². The fraction of sp³-hybridized carbons (Fsp3) is 0.455. The molecule has 7 heteroatoms. The van der Waals surface area contributed by atoms with E-state index in [1.165, 1.54) is 18.3 Å². The van der Waals surface area contributed by atoms with E-state index in [1.807, 2.05) is 0 Å². The lowest BCUT2D eigenvalue weighted by molar-refractivity contribution is -0.384. The summed E-state index contributed by atoms with van der Waals surface area (Å²) >= 11 is 0. The third-order valence-corrected chi connectivity index (χ3v) is 3.34. The number of hydrogen-bond donors (Lipinski definition) is 2. The van der Waals surface area contributed by atoms with Crippen LogP contribution in [0.5, 0.6) is 0 Å². The summed E-state index contributed by atoms with van der Waals surface area (Å²) in [7, 11) is 0. The predicted octanol–water partition coefficient (Wildman–Crippen LogP) is 1.66. The second kappa shape index (κ2) is 4.59. The Morgan fingerprint density at radius 1 is 1.61 bits per heavy atom. The van der Waals surface area contributed by atoms with Crippen molar-refractivity contribution in [3.63, 3.8) is 0 Å². The second-order valence-corrected chi connectivity index (χ2v) is 4.42. The molecule has 0 spiro atoms. The molecule has 0 amide bonds. The van der Waals surface area contributed by atoms with E-state index in [9.17, 15) is 14.9 Å². The number of nitro groups is 1. The van der Waals surface area contributed by atoms with Crippen LogP contribution >= 0.6 is 0 Å². The van der Waals surface area contributed by atoms with Crippen molar-refractivity contribution in [1.82, 2.24) is 4.98 Å². The highest BCUT2D eigenvalue weighted by atomic mass is 16.6. The smallest absolute Gasteiger partial charge is 0.311 e. The molecule has 1 aliphatic rings. The fourth-order valence-corrected chi connectivity index (χ4v) is 2.00. The van der Waals surface area contributed by atoms with Crippen molar-refractivity contribution in [2.24, 2.45) is 5.41 Å². The quantitative estimate of drug-likeness (QED) is 0.609. The van der Waals surface area contributed by atoms with Crippen LogP contribution in [0.25, 0.3) is 0 Å². The van der Waals surface area contributed by atoms with Crippen LogP contribution in [-0.4, -0.2) is 27.5 Å². The molecule has 1 aliphatic carbocycles. The molecule has 0 saturated heterocycles. The van der Waals surface area contributed by atoms with Gasteiger partial charge < -0.3 is 10.4 Å². The van der Waals surface area contributed by atoms with Crippen LogP contribution in [0.15, 0.2) is 18.3 Å². The number of pyridine rings is 1. The van der Waals surface area contributed by atoms with E-state index in [4.69, 9.17) is 5.11 Å². The minimum absolute atomic E-state index is 0.120. The van der Waals surface area contributed by atoms with Gasteiger partial charge in [0, 0.05) is 18.8 Å². The minimum Gasteiger partial charge on any atom is -0.481 e. The summed E-state index contributed by atoms with van der Waals surface area (Å²) < 4.78 is 0. The zero-order chi connectivity index (χ0) is 13.2. The van der Waals surface area contributed by atoms with Crippen molar-refractivity contribution in [2.45, 2.75) is 19.3 Å². The van der Waals surface area contributed by atoms with Crippen LogP contribution in [-0.2, 0) is 4.79 Å². The molecular weight excluding hydrogens is 238 g/mol. The van der Waals surface area contributed by atoms with E-state index in [2.05, 4.69) is 10.3 Å². The van der Waals surface area contributed by atoms with Crippen LogP contribution in [0.2, 0.25) is 0 Å². The lowest BCUT2D eigenvalue weighted by Gasteiger charge is -2.37. The van der Waals surface area contributed by atoms with E-state index < -0.39 is 16.3 Å². The molecule has 0 bridgehead atoms. The van der Waals surface area contributed by atoms with Crippen molar-refractivity contribution in [2.75, 3.05) is 11.9 Å². The Bertz CT molecular complexity index is 485. The van der Waals surface area contributed by atoms with Gasteiger partial charge in [-0.3, -0.25) is 14.9 Å². The zero-order valence-electron chi connectivity index (χ0n) is 9.63. The maximum Gasteiger partial charge on any atom is 0.311 e. The molecule has 0 aromatic carbocycles. The summed E-state index contributed by atoms with van der Waals surface area (Å²) in [5.74, 6) is -0.741. The van der Waals surface area contributed by atoms with Crippen LogP contribution in [0.1, 0.15) is 19.3 Å². The van der Waals surface area contributed by atoms with Crippen molar-refractivity contribution in [3.8, 4) is 0 Å². The molecule has 0 aliphatic heterocycles. The Morgan fingerprint density at radius 3 is 2.83 bits per heavy atom. The largest absolute Gasteiger partial charge is 0.481 e. The first-order chi connectivity index (χ1) is 8.55. The SMILES string of the molecule is O=C(O)C1(CNc2ncccc2[N+](=O)[O-])CCC1. The van der Waals surface area contributed by atoms with Gasteiger partial charge in [0.1, 0.15) is 0 Å². The Kier molecular flexibility index (Phi) is 3.14. The number of rotatable bonds is 5. The molecule has 7 nitrogen and oxygen atoms in total. The molecule has 96 valence electrons. The van der Waals surface area contributed by atoms with Crippen LogP contribution in [0.4, 0.5) is 11.5 Å².